The van der Waals surface area contributed by atoms with Crippen LogP contribution in [0.25, 0.3) is 0 Å². The lowest BCUT2D eigenvalue weighted by atomic mass is 10.1. The summed E-state index contributed by atoms with van der Waals surface area (Å²) in [6, 6.07) is 6.04. The lowest BCUT2D eigenvalue weighted by Crippen LogP contribution is -2.38. The van der Waals surface area contributed by atoms with Gasteiger partial charge >= 0.3 is 0 Å². The molecule has 1 aromatic carbocycles. The zero-order valence-corrected chi connectivity index (χ0v) is 21.2. The normalized spacial score (nSPS) is 14.5. The molecule has 0 heterocycles. The summed E-state index contributed by atoms with van der Waals surface area (Å²) in [5.41, 5.74) is 1.08. The Morgan fingerprint density at radius 3 is 2.60 bits per heavy atom. The minimum atomic E-state index is 0. The van der Waals surface area contributed by atoms with Crippen LogP contribution in [-0.4, -0.2) is 71.5 Å². The molecule has 2 rings (SSSR count). The van der Waals surface area contributed by atoms with E-state index in [1.54, 1.807) is 21.3 Å². The van der Waals surface area contributed by atoms with E-state index in [1.165, 1.54) is 12.8 Å². The van der Waals surface area contributed by atoms with E-state index in [4.69, 9.17) is 14.2 Å². The smallest absolute Gasteiger partial charge is 0.191 e. The summed E-state index contributed by atoms with van der Waals surface area (Å²) in [6.45, 7) is 4.22. The van der Waals surface area contributed by atoms with Gasteiger partial charge in [-0.1, -0.05) is 12.1 Å². The molecule has 7 nitrogen and oxygen atoms in total. The van der Waals surface area contributed by atoms with Gasteiger partial charge in [-0.3, -0.25) is 4.99 Å². The standard InChI is InChI=1S/C22H38N4O3.HI/c1-23-22(24-13-8-14-26(2)15-16-27-3)25-17-18-9-7-12-20(28-4)21(18)29-19-10-5-6-11-19;/h7,9,12,19H,5-6,8,10-11,13-17H2,1-4H3,(H2,23,24,25);1H. The molecular weight excluding hydrogens is 495 g/mol. The average molecular weight is 534 g/mol. The quantitative estimate of drug-likeness (QED) is 0.186. The SMILES string of the molecule is CN=C(NCCCN(C)CCOC)NCc1cccc(OC)c1OC1CCCC1.I. The van der Waals surface area contributed by atoms with E-state index >= 15 is 0 Å². The summed E-state index contributed by atoms with van der Waals surface area (Å²) >= 11 is 0. The molecule has 1 aromatic rings. The molecule has 0 unspecified atom stereocenters. The minimum absolute atomic E-state index is 0. The Kier molecular flexibility index (Phi) is 13.9. The van der Waals surface area contributed by atoms with Gasteiger partial charge in [-0.25, -0.2) is 0 Å². The van der Waals surface area contributed by atoms with Crippen molar-refractivity contribution in [2.24, 2.45) is 4.99 Å². The van der Waals surface area contributed by atoms with Crippen LogP contribution in [0.3, 0.4) is 0 Å². The van der Waals surface area contributed by atoms with Gasteiger partial charge in [0.1, 0.15) is 0 Å². The molecule has 1 saturated carbocycles. The molecule has 0 spiro atoms. The van der Waals surface area contributed by atoms with Crippen LogP contribution in [0.5, 0.6) is 11.5 Å². The molecule has 0 amide bonds. The molecule has 8 heteroatoms. The van der Waals surface area contributed by atoms with Gasteiger partial charge in [-0.15, -0.1) is 24.0 Å². The molecule has 1 aliphatic carbocycles. The third kappa shape index (κ3) is 9.26. The molecule has 0 atom stereocenters. The maximum Gasteiger partial charge on any atom is 0.191 e. The van der Waals surface area contributed by atoms with Gasteiger partial charge in [0.2, 0.25) is 0 Å². The number of guanidine groups is 1. The predicted molar refractivity (Wildman–Crippen MR) is 133 cm³/mol. The second-order valence-electron chi connectivity index (χ2n) is 7.48. The maximum atomic E-state index is 6.31. The molecule has 1 aliphatic rings. The number of nitrogens with one attached hydrogen (secondary N) is 2. The number of hydrogen-bond acceptors (Lipinski definition) is 5. The second-order valence-corrected chi connectivity index (χ2v) is 7.48. The van der Waals surface area contributed by atoms with Gasteiger partial charge in [0, 0.05) is 39.4 Å². The number of hydrogen-bond donors (Lipinski definition) is 2. The van der Waals surface area contributed by atoms with Crippen molar-refractivity contribution in [1.29, 1.82) is 0 Å². The van der Waals surface area contributed by atoms with Crippen molar-refractivity contribution in [2.45, 2.75) is 44.8 Å². The van der Waals surface area contributed by atoms with Crippen LogP contribution < -0.4 is 20.1 Å². The van der Waals surface area contributed by atoms with E-state index in [0.717, 1.165) is 68.5 Å². The maximum absolute atomic E-state index is 6.31. The molecule has 0 aromatic heterocycles. The molecule has 30 heavy (non-hydrogen) atoms. The number of para-hydroxylation sites is 1. The van der Waals surface area contributed by atoms with Gasteiger partial charge in [0.25, 0.3) is 0 Å². The lowest BCUT2D eigenvalue weighted by Gasteiger charge is -2.20. The van der Waals surface area contributed by atoms with Gasteiger partial charge in [-0.05, 0) is 51.8 Å². The lowest BCUT2D eigenvalue weighted by molar-refractivity contribution is 0.161. The fourth-order valence-corrected chi connectivity index (χ4v) is 3.48. The van der Waals surface area contributed by atoms with Crippen molar-refractivity contribution >= 4 is 29.9 Å². The Hall–Kier alpha value is -1.26. The Bertz CT molecular complexity index is 624. The summed E-state index contributed by atoms with van der Waals surface area (Å²) in [5, 5.41) is 6.78. The third-order valence-corrected chi connectivity index (χ3v) is 5.22. The number of benzene rings is 1. The van der Waals surface area contributed by atoms with Gasteiger partial charge in [0.05, 0.1) is 19.8 Å². The molecular formula is C22H39IN4O3. The van der Waals surface area contributed by atoms with Crippen molar-refractivity contribution in [3.05, 3.63) is 23.8 Å². The van der Waals surface area contributed by atoms with E-state index in [1.807, 2.05) is 12.1 Å². The highest BCUT2D eigenvalue weighted by Gasteiger charge is 2.20. The molecule has 0 saturated heterocycles. The largest absolute Gasteiger partial charge is 0.493 e. The van der Waals surface area contributed by atoms with Crippen LogP contribution in [0, 0.1) is 0 Å². The summed E-state index contributed by atoms with van der Waals surface area (Å²) in [4.78, 5) is 6.60. The van der Waals surface area contributed by atoms with Crippen LogP contribution in [-0.2, 0) is 11.3 Å². The van der Waals surface area contributed by atoms with Crippen molar-refractivity contribution in [1.82, 2.24) is 15.5 Å². The number of rotatable bonds is 12. The number of methoxy groups -OCH3 is 2. The summed E-state index contributed by atoms with van der Waals surface area (Å²) in [6.07, 6.45) is 6.04. The van der Waals surface area contributed by atoms with Gasteiger partial charge < -0.3 is 29.7 Å². The van der Waals surface area contributed by atoms with Crippen LogP contribution in [0.15, 0.2) is 23.2 Å². The third-order valence-electron chi connectivity index (χ3n) is 5.22. The second kappa shape index (κ2) is 15.5. The number of ether oxygens (including phenoxy) is 3. The first-order chi connectivity index (χ1) is 14.2. The fourth-order valence-electron chi connectivity index (χ4n) is 3.48. The Morgan fingerprint density at radius 2 is 1.93 bits per heavy atom. The molecule has 0 radical (unpaired) electrons. The van der Waals surface area contributed by atoms with E-state index < -0.39 is 0 Å². The Morgan fingerprint density at radius 1 is 1.17 bits per heavy atom. The van der Waals surface area contributed by atoms with Crippen molar-refractivity contribution in [2.75, 3.05) is 54.6 Å². The molecule has 0 bridgehead atoms. The Labute approximate surface area is 199 Å². The predicted octanol–water partition coefficient (Wildman–Crippen LogP) is 3.27. The minimum Gasteiger partial charge on any atom is -0.493 e. The van der Waals surface area contributed by atoms with E-state index in [2.05, 4.69) is 33.6 Å². The number of nitrogens with zero attached hydrogens (tertiary/aromatic N) is 2. The average Bonchev–Trinajstić information content (AvgIpc) is 3.25. The topological polar surface area (TPSA) is 67.4 Å². The Balaban J connectivity index is 0.00000450. The van der Waals surface area contributed by atoms with Crippen LogP contribution in [0.1, 0.15) is 37.7 Å². The zero-order valence-electron chi connectivity index (χ0n) is 18.9. The summed E-state index contributed by atoms with van der Waals surface area (Å²) < 4.78 is 17.0. The van der Waals surface area contributed by atoms with Crippen LogP contribution in [0.4, 0.5) is 0 Å². The van der Waals surface area contributed by atoms with E-state index in [-0.39, 0.29) is 30.1 Å². The van der Waals surface area contributed by atoms with Crippen molar-refractivity contribution in [3.63, 3.8) is 0 Å². The van der Waals surface area contributed by atoms with Crippen molar-refractivity contribution in [3.8, 4) is 11.5 Å². The first-order valence-electron chi connectivity index (χ1n) is 10.6. The van der Waals surface area contributed by atoms with Gasteiger partial charge in [-0.2, -0.15) is 0 Å². The first kappa shape index (κ1) is 26.8. The van der Waals surface area contributed by atoms with Gasteiger partial charge in [0.15, 0.2) is 17.5 Å². The zero-order chi connectivity index (χ0) is 20.9. The first-order valence-corrected chi connectivity index (χ1v) is 10.6. The molecule has 2 N–H and O–H groups in total. The molecule has 1 fully saturated rings. The van der Waals surface area contributed by atoms with Crippen LogP contribution in [0.2, 0.25) is 0 Å². The summed E-state index contributed by atoms with van der Waals surface area (Å²) in [5.74, 6) is 2.43. The highest BCUT2D eigenvalue weighted by Crippen LogP contribution is 2.34. The van der Waals surface area contributed by atoms with E-state index in [9.17, 15) is 0 Å². The molecule has 0 aliphatic heterocycles. The van der Waals surface area contributed by atoms with Crippen molar-refractivity contribution < 1.29 is 14.2 Å². The van der Waals surface area contributed by atoms with Crippen LogP contribution >= 0.6 is 24.0 Å². The van der Waals surface area contributed by atoms with E-state index in [0.29, 0.717) is 6.54 Å². The number of aliphatic imine (C=N–C) groups is 1. The summed E-state index contributed by atoms with van der Waals surface area (Å²) in [7, 11) is 7.33. The number of halogens is 1. The fraction of sp³-hybridized carbons (Fsp3) is 0.682. The highest BCUT2D eigenvalue weighted by molar-refractivity contribution is 14.0. The highest BCUT2D eigenvalue weighted by atomic mass is 127. The number of likely N-dealkylation sites (N-methyl/N-ethyl adjacent to an activating group) is 1. The molecule has 172 valence electrons. The monoisotopic (exact) mass is 534 g/mol.